The number of ether oxygens (including phenoxy) is 1. The van der Waals surface area contributed by atoms with Crippen LogP contribution in [0.5, 0.6) is 0 Å². The molecule has 5 heteroatoms. The fraction of sp³-hybridized carbons (Fsp3) is 0.526. The fourth-order valence-electron chi connectivity index (χ4n) is 4.24. The Labute approximate surface area is 142 Å². The van der Waals surface area contributed by atoms with Crippen molar-refractivity contribution in [3.63, 3.8) is 0 Å². The van der Waals surface area contributed by atoms with Crippen molar-refractivity contribution in [3.05, 3.63) is 35.5 Å². The summed E-state index contributed by atoms with van der Waals surface area (Å²) in [6, 6.07) is 8.38. The van der Waals surface area contributed by atoms with Crippen LogP contribution in [0, 0.1) is 0 Å². The van der Waals surface area contributed by atoms with Crippen LogP contribution in [0.25, 0.3) is 10.9 Å². The first-order chi connectivity index (χ1) is 11.6. The second kappa shape index (κ2) is 6.22. The number of morpholine rings is 1. The zero-order valence-electron chi connectivity index (χ0n) is 14.5. The highest BCUT2D eigenvalue weighted by molar-refractivity contribution is 5.86. The van der Waals surface area contributed by atoms with Gasteiger partial charge in [0.05, 0.1) is 0 Å². The standard InChI is InChI=1S/C19H25N3O2/c1-13-9-21(10-14(2)24-13)12-19(23)22-8-7-18-16(11-22)15-5-3-4-6-17(15)20-18/h3-6,13-14,20H,7-12H2,1-2H3/p+1/t13-,14-/m1/s1. The van der Waals surface area contributed by atoms with E-state index in [0.717, 1.165) is 32.6 Å². The SMILES string of the molecule is C[C@@H]1C[NH+](CC(=O)N2CCc3[nH]c4ccccc4c3C2)C[C@@H](C)O1. The Morgan fingerprint density at radius 1 is 1.29 bits per heavy atom. The Morgan fingerprint density at radius 3 is 2.83 bits per heavy atom. The number of fused-ring (bicyclic) bond motifs is 3. The number of para-hydroxylation sites is 1. The van der Waals surface area contributed by atoms with E-state index < -0.39 is 0 Å². The molecular formula is C19H26N3O2+. The molecule has 4 rings (SSSR count). The number of nitrogens with one attached hydrogen (secondary N) is 2. The highest BCUT2D eigenvalue weighted by Gasteiger charge is 2.30. The molecule has 0 spiro atoms. The Bertz CT molecular complexity index is 744. The third-order valence-corrected chi connectivity index (χ3v) is 5.25. The van der Waals surface area contributed by atoms with Gasteiger partial charge in [0.1, 0.15) is 25.3 Å². The molecule has 1 aromatic heterocycles. The van der Waals surface area contributed by atoms with Crippen LogP contribution < -0.4 is 4.90 Å². The molecule has 2 aliphatic heterocycles. The van der Waals surface area contributed by atoms with E-state index in [1.165, 1.54) is 27.1 Å². The highest BCUT2D eigenvalue weighted by Crippen LogP contribution is 2.27. The number of carbonyl (C=O) groups excluding carboxylic acids is 1. The summed E-state index contributed by atoms with van der Waals surface area (Å²) in [7, 11) is 0. The molecule has 0 aliphatic carbocycles. The van der Waals surface area contributed by atoms with E-state index in [2.05, 4.69) is 43.1 Å². The van der Waals surface area contributed by atoms with E-state index in [0.29, 0.717) is 6.54 Å². The third kappa shape index (κ3) is 2.94. The minimum absolute atomic E-state index is 0.234. The number of carbonyl (C=O) groups is 1. The summed E-state index contributed by atoms with van der Waals surface area (Å²) in [6.45, 7) is 8.15. The molecule has 128 valence electrons. The zero-order chi connectivity index (χ0) is 16.7. The topological polar surface area (TPSA) is 49.8 Å². The summed E-state index contributed by atoms with van der Waals surface area (Å²) in [6.07, 6.45) is 1.39. The van der Waals surface area contributed by atoms with Gasteiger partial charge in [-0.2, -0.15) is 0 Å². The second-order valence-electron chi connectivity index (χ2n) is 7.29. The molecule has 2 N–H and O–H groups in total. The molecule has 2 atom stereocenters. The van der Waals surface area contributed by atoms with Gasteiger partial charge in [0.2, 0.25) is 0 Å². The molecule has 1 saturated heterocycles. The number of hydrogen-bond donors (Lipinski definition) is 2. The maximum absolute atomic E-state index is 12.8. The van der Waals surface area contributed by atoms with Gasteiger partial charge in [-0.25, -0.2) is 0 Å². The molecule has 0 radical (unpaired) electrons. The van der Waals surface area contributed by atoms with E-state index in [1.807, 2.05) is 4.90 Å². The average Bonchev–Trinajstić information content (AvgIpc) is 2.91. The first-order valence-electron chi connectivity index (χ1n) is 8.95. The summed E-state index contributed by atoms with van der Waals surface area (Å²) >= 11 is 0. The Morgan fingerprint density at radius 2 is 2.04 bits per heavy atom. The van der Waals surface area contributed by atoms with Crippen molar-refractivity contribution in [3.8, 4) is 0 Å². The normalized spacial score (nSPS) is 27.2. The lowest BCUT2D eigenvalue weighted by Gasteiger charge is -2.34. The van der Waals surface area contributed by atoms with Crippen molar-refractivity contribution in [2.45, 2.75) is 39.0 Å². The smallest absolute Gasteiger partial charge is 0.278 e. The maximum atomic E-state index is 12.8. The van der Waals surface area contributed by atoms with E-state index in [-0.39, 0.29) is 18.1 Å². The molecule has 1 amide bonds. The molecule has 1 aromatic carbocycles. The minimum Gasteiger partial charge on any atom is -0.364 e. The number of aromatic amines is 1. The Hall–Kier alpha value is -1.85. The summed E-state index contributed by atoms with van der Waals surface area (Å²) < 4.78 is 5.78. The van der Waals surface area contributed by atoms with Crippen LogP contribution in [-0.4, -0.2) is 54.2 Å². The Kier molecular flexibility index (Phi) is 4.06. The summed E-state index contributed by atoms with van der Waals surface area (Å²) in [5.74, 6) is 0.266. The number of nitrogens with zero attached hydrogens (tertiary/aromatic N) is 1. The van der Waals surface area contributed by atoms with Crippen molar-refractivity contribution in [1.82, 2.24) is 9.88 Å². The number of benzene rings is 1. The van der Waals surface area contributed by atoms with E-state index in [4.69, 9.17) is 4.74 Å². The van der Waals surface area contributed by atoms with Crippen LogP contribution >= 0.6 is 0 Å². The number of rotatable bonds is 2. The van der Waals surface area contributed by atoms with Crippen molar-refractivity contribution < 1.29 is 14.4 Å². The van der Waals surface area contributed by atoms with Gasteiger partial charge in [-0.3, -0.25) is 4.79 Å². The predicted molar refractivity (Wildman–Crippen MR) is 93.0 cm³/mol. The number of quaternary nitrogens is 1. The van der Waals surface area contributed by atoms with Crippen molar-refractivity contribution in [2.75, 3.05) is 26.2 Å². The van der Waals surface area contributed by atoms with Crippen LogP contribution in [0.4, 0.5) is 0 Å². The van der Waals surface area contributed by atoms with E-state index in [1.54, 1.807) is 0 Å². The highest BCUT2D eigenvalue weighted by atomic mass is 16.5. The summed E-state index contributed by atoms with van der Waals surface area (Å²) in [4.78, 5) is 19.7. The average molecular weight is 328 g/mol. The van der Waals surface area contributed by atoms with Gasteiger partial charge < -0.3 is 19.5 Å². The first-order valence-corrected chi connectivity index (χ1v) is 8.95. The summed E-state index contributed by atoms with van der Waals surface area (Å²) in [5.41, 5.74) is 3.77. The molecule has 3 heterocycles. The fourth-order valence-corrected chi connectivity index (χ4v) is 4.24. The van der Waals surface area contributed by atoms with Gasteiger partial charge in [0, 0.05) is 41.7 Å². The van der Waals surface area contributed by atoms with Crippen molar-refractivity contribution in [1.29, 1.82) is 0 Å². The second-order valence-corrected chi connectivity index (χ2v) is 7.29. The molecule has 5 nitrogen and oxygen atoms in total. The molecule has 0 bridgehead atoms. The number of H-pyrrole nitrogens is 1. The van der Waals surface area contributed by atoms with Gasteiger partial charge >= 0.3 is 0 Å². The minimum atomic E-state index is 0.234. The molecule has 2 aromatic rings. The van der Waals surface area contributed by atoms with Gasteiger partial charge in [0.15, 0.2) is 6.54 Å². The number of aromatic nitrogens is 1. The van der Waals surface area contributed by atoms with Gasteiger partial charge in [-0.05, 0) is 19.9 Å². The van der Waals surface area contributed by atoms with Crippen molar-refractivity contribution >= 4 is 16.8 Å². The van der Waals surface area contributed by atoms with Gasteiger partial charge in [-0.15, -0.1) is 0 Å². The zero-order valence-corrected chi connectivity index (χ0v) is 14.5. The largest absolute Gasteiger partial charge is 0.364 e. The van der Waals surface area contributed by atoms with Gasteiger partial charge in [-0.1, -0.05) is 18.2 Å². The van der Waals surface area contributed by atoms with E-state index >= 15 is 0 Å². The lowest BCUT2D eigenvalue weighted by atomic mass is 10.0. The molecule has 1 fully saturated rings. The molecular weight excluding hydrogens is 302 g/mol. The lowest BCUT2D eigenvalue weighted by Crippen LogP contribution is -3.16. The molecule has 24 heavy (non-hydrogen) atoms. The molecule has 2 aliphatic rings. The van der Waals surface area contributed by atoms with E-state index in [9.17, 15) is 4.79 Å². The number of hydrogen-bond acceptors (Lipinski definition) is 2. The number of amides is 1. The third-order valence-electron chi connectivity index (χ3n) is 5.25. The van der Waals surface area contributed by atoms with Crippen LogP contribution in [0.15, 0.2) is 24.3 Å². The van der Waals surface area contributed by atoms with Crippen molar-refractivity contribution in [2.24, 2.45) is 0 Å². The Balaban J connectivity index is 1.47. The molecule has 0 unspecified atom stereocenters. The van der Waals surface area contributed by atoms with Crippen LogP contribution in [0.2, 0.25) is 0 Å². The monoisotopic (exact) mass is 328 g/mol. The molecule has 0 saturated carbocycles. The maximum Gasteiger partial charge on any atom is 0.278 e. The first kappa shape index (κ1) is 15.7. The quantitative estimate of drug-likeness (QED) is 0.855. The van der Waals surface area contributed by atoms with Crippen LogP contribution in [-0.2, 0) is 22.5 Å². The summed E-state index contributed by atoms with van der Waals surface area (Å²) in [5, 5.41) is 1.26. The predicted octanol–water partition coefficient (Wildman–Crippen LogP) is 0.745. The van der Waals surface area contributed by atoms with Gasteiger partial charge in [0.25, 0.3) is 5.91 Å². The van der Waals surface area contributed by atoms with Crippen LogP contribution in [0.1, 0.15) is 25.1 Å². The lowest BCUT2D eigenvalue weighted by molar-refractivity contribution is -0.907. The van der Waals surface area contributed by atoms with Crippen LogP contribution in [0.3, 0.4) is 0 Å².